The minimum absolute atomic E-state index is 0.0260. The maximum absolute atomic E-state index is 12.5. The molecular weight excluding hydrogens is 329 g/mol. The third-order valence-corrected chi connectivity index (χ3v) is 5.51. The number of para-hydroxylation sites is 1. The second-order valence-electron chi connectivity index (χ2n) is 4.62. The molecule has 0 atom stereocenters. The largest absolute Gasteiger partial charge is 0.279 e. The number of anilines is 1. The first-order valence-electron chi connectivity index (χ1n) is 6.42. The van der Waals surface area contributed by atoms with E-state index in [-0.39, 0.29) is 14.9 Å². The summed E-state index contributed by atoms with van der Waals surface area (Å²) in [5, 5.41) is 0.235. The maximum Gasteiger partial charge on any atom is 0.263 e. The van der Waals surface area contributed by atoms with Gasteiger partial charge in [-0.15, -0.1) is 0 Å². The lowest BCUT2D eigenvalue weighted by Crippen LogP contribution is -2.15. The van der Waals surface area contributed by atoms with E-state index in [9.17, 15) is 8.42 Å². The summed E-state index contributed by atoms with van der Waals surface area (Å²) in [5.74, 6) is 0. The molecule has 2 rings (SSSR count). The van der Waals surface area contributed by atoms with E-state index >= 15 is 0 Å². The van der Waals surface area contributed by atoms with Crippen LogP contribution in [0, 0.1) is 6.92 Å². The summed E-state index contributed by atoms with van der Waals surface area (Å²) in [6.45, 7) is 3.83. The zero-order valence-corrected chi connectivity index (χ0v) is 14.0. The van der Waals surface area contributed by atoms with Crippen LogP contribution >= 0.6 is 23.2 Å². The molecule has 3 nitrogen and oxygen atoms in total. The maximum atomic E-state index is 12.5. The molecule has 2 aromatic rings. The number of rotatable bonds is 4. The third kappa shape index (κ3) is 3.34. The highest BCUT2D eigenvalue weighted by atomic mass is 35.5. The van der Waals surface area contributed by atoms with Crippen LogP contribution in [0.5, 0.6) is 0 Å². The number of sulfonamides is 1. The molecule has 112 valence electrons. The van der Waals surface area contributed by atoms with Gasteiger partial charge in [0.1, 0.15) is 4.90 Å². The standard InChI is InChI=1S/C15H15Cl2NO2S/c1-3-11-7-4-6-10(2)15(11)18-21(19,20)13-9-5-8-12(16)14(13)17/h4-9,18H,3H2,1-2H3. The first-order chi connectivity index (χ1) is 9.86. The molecule has 0 radical (unpaired) electrons. The molecule has 0 saturated carbocycles. The first-order valence-corrected chi connectivity index (χ1v) is 8.66. The highest BCUT2D eigenvalue weighted by Gasteiger charge is 2.21. The Kier molecular flexibility index (Phi) is 4.81. The van der Waals surface area contributed by atoms with Crippen LogP contribution in [0.25, 0.3) is 0 Å². The fourth-order valence-electron chi connectivity index (χ4n) is 2.05. The van der Waals surface area contributed by atoms with Crippen molar-refractivity contribution in [2.45, 2.75) is 25.2 Å². The van der Waals surface area contributed by atoms with E-state index in [4.69, 9.17) is 23.2 Å². The van der Waals surface area contributed by atoms with Crippen molar-refractivity contribution in [3.05, 3.63) is 57.6 Å². The number of benzene rings is 2. The number of nitrogens with one attached hydrogen (secondary N) is 1. The summed E-state index contributed by atoms with van der Waals surface area (Å²) in [5.41, 5.74) is 2.38. The van der Waals surface area contributed by atoms with Gasteiger partial charge in [0.05, 0.1) is 15.7 Å². The van der Waals surface area contributed by atoms with Crippen molar-refractivity contribution in [2.24, 2.45) is 0 Å². The summed E-state index contributed by atoms with van der Waals surface area (Å²) < 4.78 is 27.7. The van der Waals surface area contributed by atoms with E-state index in [0.29, 0.717) is 5.69 Å². The van der Waals surface area contributed by atoms with Gasteiger partial charge in [-0.3, -0.25) is 4.72 Å². The lowest BCUT2D eigenvalue weighted by atomic mass is 10.1. The predicted molar refractivity (Wildman–Crippen MR) is 87.8 cm³/mol. The van der Waals surface area contributed by atoms with Gasteiger partial charge in [0.15, 0.2) is 0 Å². The van der Waals surface area contributed by atoms with Crippen LogP contribution in [0.1, 0.15) is 18.1 Å². The molecule has 0 aliphatic carbocycles. The normalized spacial score (nSPS) is 11.4. The average molecular weight is 344 g/mol. The van der Waals surface area contributed by atoms with E-state index in [1.165, 1.54) is 6.07 Å². The smallest absolute Gasteiger partial charge is 0.263 e. The Labute approximate surface area is 135 Å². The molecular formula is C15H15Cl2NO2S. The van der Waals surface area contributed by atoms with Gasteiger partial charge >= 0.3 is 0 Å². The highest BCUT2D eigenvalue weighted by Crippen LogP contribution is 2.31. The highest BCUT2D eigenvalue weighted by molar-refractivity contribution is 7.92. The van der Waals surface area contributed by atoms with E-state index in [1.54, 1.807) is 12.1 Å². The summed E-state index contributed by atoms with van der Waals surface area (Å²) >= 11 is 11.9. The lowest BCUT2D eigenvalue weighted by molar-refractivity contribution is 0.601. The monoisotopic (exact) mass is 343 g/mol. The molecule has 0 amide bonds. The van der Waals surface area contributed by atoms with Crippen LogP contribution in [-0.2, 0) is 16.4 Å². The van der Waals surface area contributed by atoms with Gasteiger partial charge in [-0.2, -0.15) is 0 Å². The Morgan fingerprint density at radius 3 is 2.43 bits per heavy atom. The van der Waals surface area contributed by atoms with Gasteiger partial charge in [-0.1, -0.05) is 54.4 Å². The van der Waals surface area contributed by atoms with Crippen LogP contribution in [0.4, 0.5) is 5.69 Å². The van der Waals surface area contributed by atoms with Gasteiger partial charge in [-0.25, -0.2) is 8.42 Å². The van der Waals surface area contributed by atoms with Gasteiger partial charge in [0.25, 0.3) is 10.0 Å². The van der Waals surface area contributed by atoms with Crippen molar-refractivity contribution in [1.82, 2.24) is 0 Å². The van der Waals surface area contributed by atoms with Crippen LogP contribution in [-0.4, -0.2) is 8.42 Å². The van der Waals surface area contributed by atoms with E-state index in [2.05, 4.69) is 4.72 Å². The average Bonchev–Trinajstić information content (AvgIpc) is 2.43. The molecule has 0 unspecified atom stereocenters. The van der Waals surface area contributed by atoms with Crippen molar-refractivity contribution in [3.8, 4) is 0 Å². The van der Waals surface area contributed by atoms with E-state index < -0.39 is 10.0 Å². The Hall–Kier alpha value is -1.23. The van der Waals surface area contributed by atoms with Crippen LogP contribution in [0.2, 0.25) is 10.0 Å². The number of aryl methyl sites for hydroxylation is 2. The van der Waals surface area contributed by atoms with Gasteiger partial charge in [0, 0.05) is 0 Å². The zero-order valence-electron chi connectivity index (χ0n) is 11.7. The van der Waals surface area contributed by atoms with Crippen molar-refractivity contribution >= 4 is 38.9 Å². The van der Waals surface area contributed by atoms with Crippen LogP contribution in [0.3, 0.4) is 0 Å². The second-order valence-corrected chi connectivity index (χ2v) is 7.06. The fraction of sp³-hybridized carbons (Fsp3) is 0.200. The summed E-state index contributed by atoms with van der Waals surface area (Å²) in [6.07, 6.45) is 0.725. The first kappa shape index (κ1) is 16.1. The van der Waals surface area contributed by atoms with Gasteiger partial charge in [-0.05, 0) is 36.6 Å². The molecule has 0 aromatic heterocycles. The molecule has 0 aliphatic rings. The Morgan fingerprint density at radius 2 is 1.76 bits per heavy atom. The third-order valence-electron chi connectivity index (χ3n) is 3.18. The molecule has 0 fully saturated rings. The summed E-state index contributed by atoms with van der Waals surface area (Å²) in [6, 6.07) is 10.2. The molecule has 21 heavy (non-hydrogen) atoms. The number of hydrogen-bond donors (Lipinski definition) is 1. The molecule has 0 saturated heterocycles. The fourth-order valence-corrected chi connectivity index (χ4v) is 3.99. The molecule has 0 spiro atoms. The Balaban J connectivity index is 2.50. The second kappa shape index (κ2) is 6.26. The van der Waals surface area contributed by atoms with Gasteiger partial charge in [0.2, 0.25) is 0 Å². The zero-order chi connectivity index (χ0) is 15.6. The predicted octanol–water partition coefficient (Wildman–Crippen LogP) is 4.67. The number of hydrogen-bond acceptors (Lipinski definition) is 2. The minimum atomic E-state index is -3.79. The van der Waals surface area contributed by atoms with Crippen molar-refractivity contribution in [1.29, 1.82) is 0 Å². The lowest BCUT2D eigenvalue weighted by Gasteiger charge is -2.15. The van der Waals surface area contributed by atoms with Crippen molar-refractivity contribution in [2.75, 3.05) is 4.72 Å². The van der Waals surface area contributed by atoms with Crippen molar-refractivity contribution in [3.63, 3.8) is 0 Å². The summed E-state index contributed by atoms with van der Waals surface area (Å²) in [4.78, 5) is -0.0260. The SMILES string of the molecule is CCc1cccc(C)c1NS(=O)(=O)c1cccc(Cl)c1Cl. The Morgan fingerprint density at radius 1 is 1.10 bits per heavy atom. The molecule has 6 heteroatoms. The molecule has 0 bridgehead atoms. The molecule has 2 aromatic carbocycles. The topological polar surface area (TPSA) is 46.2 Å². The molecule has 1 N–H and O–H groups in total. The summed E-state index contributed by atoms with van der Waals surface area (Å²) in [7, 11) is -3.79. The van der Waals surface area contributed by atoms with Crippen LogP contribution < -0.4 is 4.72 Å². The van der Waals surface area contributed by atoms with Crippen LogP contribution in [0.15, 0.2) is 41.3 Å². The van der Waals surface area contributed by atoms with Crippen molar-refractivity contribution < 1.29 is 8.42 Å². The Bertz CT molecular complexity index is 773. The molecule has 0 aliphatic heterocycles. The quantitative estimate of drug-likeness (QED) is 0.876. The number of halogens is 2. The molecule has 0 heterocycles. The van der Waals surface area contributed by atoms with E-state index in [1.807, 2.05) is 32.0 Å². The van der Waals surface area contributed by atoms with Gasteiger partial charge < -0.3 is 0 Å². The van der Waals surface area contributed by atoms with E-state index in [0.717, 1.165) is 17.5 Å². The minimum Gasteiger partial charge on any atom is -0.279 e.